The van der Waals surface area contributed by atoms with E-state index in [4.69, 9.17) is 5.11 Å². The van der Waals surface area contributed by atoms with Gasteiger partial charge in [0.15, 0.2) is 0 Å². The van der Waals surface area contributed by atoms with E-state index >= 15 is 0 Å². The van der Waals surface area contributed by atoms with Crippen LogP contribution in [-0.2, 0) is 0 Å². The number of nitrogens with zero attached hydrogens (tertiary/aromatic N) is 2. The van der Waals surface area contributed by atoms with Crippen LogP contribution >= 0.6 is 11.8 Å². The fourth-order valence-corrected chi connectivity index (χ4v) is 2.31. The molecule has 0 aliphatic heterocycles. The summed E-state index contributed by atoms with van der Waals surface area (Å²) in [5.74, 6) is -0.327. The second-order valence-electron chi connectivity index (χ2n) is 4.41. The van der Waals surface area contributed by atoms with Crippen molar-refractivity contribution in [2.24, 2.45) is 0 Å². The van der Waals surface area contributed by atoms with Gasteiger partial charge in [-0.3, -0.25) is 4.79 Å². The topological polar surface area (TPSA) is 95.9 Å². The second kappa shape index (κ2) is 5.87. The highest BCUT2D eigenvalue weighted by Crippen LogP contribution is 2.24. The standard InChI is InChI=1S/C13H13N3O3S/c1-7(2)12-15-9(17)6-11(16-12)20-10-5-8(13(18)19)3-4-14-10/h3-7H,1-2H3,(H,18,19)(H,15,16,17). The van der Waals surface area contributed by atoms with Gasteiger partial charge in [0.2, 0.25) is 0 Å². The van der Waals surface area contributed by atoms with Crippen LogP contribution in [0.4, 0.5) is 0 Å². The first-order chi connectivity index (χ1) is 9.45. The molecule has 0 amide bonds. The smallest absolute Gasteiger partial charge is 0.335 e. The molecular formula is C13H13N3O3S. The number of aromatic nitrogens is 3. The van der Waals surface area contributed by atoms with Crippen LogP contribution in [-0.4, -0.2) is 26.0 Å². The van der Waals surface area contributed by atoms with Crippen LogP contribution in [0.2, 0.25) is 0 Å². The highest BCUT2D eigenvalue weighted by Gasteiger charge is 2.09. The summed E-state index contributed by atoms with van der Waals surface area (Å²) in [4.78, 5) is 33.5. The Kier molecular flexibility index (Phi) is 4.19. The van der Waals surface area contributed by atoms with E-state index in [2.05, 4.69) is 15.0 Å². The molecule has 2 aromatic heterocycles. The molecule has 0 aliphatic carbocycles. The summed E-state index contributed by atoms with van der Waals surface area (Å²) in [6, 6.07) is 4.23. The number of carbonyl (C=O) groups is 1. The molecule has 0 aliphatic rings. The van der Waals surface area contributed by atoms with Crippen molar-refractivity contribution in [1.29, 1.82) is 0 Å². The van der Waals surface area contributed by atoms with Crippen LogP contribution in [0.5, 0.6) is 0 Å². The molecule has 0 spiro atoms. The number of H-pyrrole nitrogens is 1. The second-order valence-corrected chi connectivity index (χ2v) is 5.45. The van der Waals surface area contributed by atoms with Gasteiger partial charge in [-0.05, 0) is 23.9 Å². The first kappa shape index (κ1) is 14.3. The first-order valence-corrected chi connectivity index (χ1v) is 6.76. The molecule has 2 N–H and O–H groups in total. The van der Waals surface area contributed by atoms with E-state index in [0.29, 0.717) is 15.9 Å². The molecular weight excluding hydrogens is 278 g/mol. The molecule has 0 unspecified atom stereocenters. The van der Waals surface area contributed by atoms with Gasteiger partial charge in [0, 0.05) is 18.2 Å². The summed E-state index contributed by atoms with van der Waals surface area (Å²) in [6.07, 6.45) is 1.42. The monoisotopic (exact) mass is 291 g/mol. The molecule has 6 nitrogen and oxygen atoms in total. The van der Waals surface area contributed by atoms with Crippen LogP contribution in [0.1, 0.15) is 35.9 Å². The minimum absolute atomic E-state index is 0.0987. The van der Waals surface area contributed by atoms with Crippen molar-refractivity contribution in [3.63, 3.8) is 0 Å². The van der Waals surface area contributed by atoms with E-state index in [0.717, 1.165) is 11.8 Å². The maximum absolute atomic E-state index is 11.6. The molecule has 2 aromatic rings. The Labute approximate surface area is 119 Å². The van der Waals surface area contributed by atoms with Crippen molar-refractivity contribution in [1.82, 2.24) is 15.0 Å². The lowest BCUT2D eigenvalue weighted by molar-refractivity contribution is 0.0696. The molecule has 0 saturated carbocycles. The Morgan fingerprint density at radius 3 is 2.75 bits per heavy atom. The van der Waals surface area contributed by atoms with Crippen LogP contribution in [0.15, 0.2) is 39.2 Å². The molecule has 2 heterocycles. The van der Waals surface area contributed by atoms with Crippen LogP contribution in [0.25, 0.3) is 0 Å². The van der Waals surface area contributed by atoms with Gasteiger partial charge in [0.25, 0.3) is 5.56 Å². The molecule has 0 atom stereocenters. The van der Waals surface area contributed by atoms with Gasteiger partial charge in [0.1, 0.15) is 15.9 Å². The van der Waals surface area contributed by atoms with E-state index in [-0.39, 0.29) is 17.0 Å². The van der Waals surface area contributed by atoms with E-state index in [1.807, 2.05) is 13.8 Å². The molecule has 0 fully saturated rings. The predicted molar refractivity (Wildman–Crippen MR) is 74.3 cm³/mol. The minimum atomic E-state index is -1.02. The van der Waals surface area contributed by atoms with Crippen molar-refractivity contribution in [2.75, 3.05) is 0 Å². The highest BCUT2D eigenvalue weighted by molar-refractivity contribution is 7.99. The van der Waals surface area contributed by atoms with Gasteiger partial charge in [0.05, 0.1) is 5.56 Å². The number of rotatable bonds is 4. The largest absolute Gasteiger partial charge is 0.478 e. The third-order valence-electron chi connectivity index (χ3n) is 2.47. The predicted octanol–water partition coefficient (Wildman–Crippen LogP) is 2.14. The van der Waals surface area contributed by atoms with Crippen molar-refractivity contribution in [3.05, 3.63) is 46.1 Å². The fourth-order valence-electron chi connectivity index (χ4n) is 1.48. The Bertz CT molecular complexity index is 697. The molecule has 20 heavy (non-hydrogen) atoms. The zero-order valence-electron chi connectivity index (χ0n) is 11.0. The lowest BCUT2D eigenvalue weighted by Gasteiger charge is -2.06. The molecule has 7 heteroatoms. The molecule has 0 radical (unpaired) electrons. The van der Waals surface area contributed by atoms with E-state index in [9.17, 15) is 9.59 Å². The lowest BCUT2D eigenvalue weighted by atomic mass is 10.2. The Morgan fingerprint density at radius 2 is 2.10 bits per heavy atom. The number of carboxylic acids is 1. The van der Waals surface area contributed by atoms with Gasteiger partial charge in [-0.1, -0.05) is 13.8 Å². The SMILES string of the molecule is CC(C)c1nc(Sc2cc(C(=O)O)ccn2)cc(=O)[nH]1. The summed E-state index contributed by atoms with van der Waals surface area (Å²) in [5.41, 5.74) is -0.0861. The summed E-state index contributed by atoms with van der Waals surface area (Å²) < 4.78 is 0. The van der Waals surface area contributed by atoms with E-state index in [1.54, 1.807) is 0 Å². The maximum atomic E-state index is 11.6. The quantitative estimate of drug-likeness (QED) is 0.838. The number of hydrogen-bond acceptors (Lipinski definition) is 5. The molecule has 0 saturated heterocycles. The third kappa shape index (κ3) is 3.45. The number of pyridine rings is 1. The van der Waals surface area contributed by atoms with Gasteiger partial charge in [-0.15, -0.1) is 0 Å². The normalized spacial score (nSPS) is 10.8. The van der Waals surface area contributed by atoms with Gasteiger partial charge in [-0.25, -0.2) is 14.8 Å². The van der Waals surface area contributed by atoms with Crippen LogP contribution in [0, 0.1) is 0 Å². The van der Waals surface area contributed by atoms with E-state index < -0.39 is 5.97 Å². The maximum Gasteiger partial charge on any atom is 0.335 e. The van der Waals surface area contributed by atoms with Crippen molar-refractivity contribution >= 4 is 17.7 Å². The van der Waals surface area contributed by atoms with Crippen molar-refractivity contribution in [2.45, 2.75) is 29.8 Å². The number of hydrogen-bond donors (Lipinski definition) is 2. The number of nitrogens with one attached hydrogen (secondary N) is 1. The van der Waals surface area contributed by atoms with Gasteiger partial charge >= 0.3 is 5.97 Å². The van der Waals surface area contributed by atoms with Crippen molar-refractivity contribution in [3.8, 4) is 0 Å². The summed E-state index contributed by atoms with van der Waals surface area (Å²) in [6.45, 7) is 3.85. The summed E-state index contributed by atoms with van der Waals surface area (Å²) >= 11 is 1.16. The average Bonchev–Trinajstić information content (AvgIpc) is 2.38. The fraction of sp³-hybridized carbons (Fsp3) is 0.231. The van der Waals surface area contributed by atoms with Crippen LogP contribution < -0.4 is 5.56 Å². The third-order valence-corrected chi connectivity index (χ3v) is 3.32. The Balaban J connectivity index is 2.32. The zero-order chi connectivity index (χ0) is 14.7. The van der Waals surface area contributed by atoms with Crippen LogP contribution in [0.3, 0.4) is 0 Å². The van der Waals surface area contributed by atoms with Gasteiger partial charge < -0.3 is 10.1 Å². The number of aromatic amines is 1. The molecule has 0 bridgehead atoms. The lowest BCUT2D eigenvalue weighted by Crippen LogP contribution is -2.11. The zero-order valence-corrected chi connectivity index (χ0v) is 11.8. The Hall–Kier alpha value is -2.15. The van der Waals surface area contributed by atoms with Gasteiger partial charge in [-0.2, -0.15) is 0 Å². The molecule has 104 valence electrons. The minimum Gasteiger partial charge on any atom is -0.478 e. The Morgan fingerprint density at radius 1 is 1.35 bits per heavy atom. The molecule has 0 aromatic carbocycles. The first-order valence-electron chi connectivity index (χ1n) is 5.94. The average molecular weight is 291 g/mol. The number of carboxylic acid groups (broad SMARTS) is 1. The van der Waals surface area contributed by atoms with Crippen molar-refractivity contribution < 1.29 is 9.90 Å². The summed E-state index contributed by atoms with van der Waals surface area (Å²) in [5, 5.41) is 9.91. The van der Waals surface area contributed by atoms with E-state index in [1.165, 1.54) is 24.4 Å². The summed E-state index contributed by atoms with van der Waals surface area (Å²) in [7, 11) is 0. The molecule has 2 rings (SSSR count). The number of aromatic carboxylic acids is 1. The highest BCUT2D eigenvalue weighted by atomic mass is 32.2.